The quantitative estimate of drug-likeness (QED) is 0.880. The van der Waals surface area contributed by atoms with Crippen LogP contribution in [0.15, 0.2) is 48.7 Å². The number of amides is 1. The van der Waals surface area contributed by atoms with Crippen LogP contribution in [0, 0.1) is 0 Å². The molecule has 0 atom stereocenters. The Balaban J connectivity index is 2.18. The van der Waals surface area contributed by atoms with Crippen molar-refractivity contribution in [2.75, 3.05) is 13.7 Å². The normalized spacial score (nSPS) is 10.0. The zero-order valence-corrected chi connectivity index (χ0v) is 12.1. The molecule has 1 amide bonds. The predicted octanol–water partition coefficient (Wildman–Crippen LogP) is 1.82. The summed E-state index contributed by atoms with van der Waals surface area (Å²) in [5, 5.41) is 9.01. The standard InChI is InChI=1S/C16H16N2O4/c1-22-13-7-5-12(6-8-13)10-18(11-15(19)20)16(21)14-4-2-3-9-17-14/h2-9H,10-11H2,1H3,(H,19,20). The number of hydrogen-bond donors (Lipinski definition) is 1. The van der Waals surface area contributed by atoms with Gasteiger partial charge >= 0.3 is 5.97 Å². The Morgan fingerprint density at radius 3 is 2.45 bits per heavy atom. The second-order valence-corrected chi connectivity index (χ2v) is 4.62. The first-order chi connectivity index (χ1) is 10.6. The first kappa shape index (κ1) is 15.5. The summed E-state index contributed by atoms with van der Waals surface area (Å²) in [4.78, 5) is 28.6. The monoisotopic (exact) mass is 300 g/mol. The largest absolute Gasteiger partial charge is 0.497 e. The molecule has 0 aliphatic rings. The maximum atomic E-state index is 12.4. The van der Waals surface area contributed by atoms with E-state index in [1.54, 1.807) is 49.6 Å². The number of rotatable bonds is 6. The fourth-order valence-electron chi connectivity index (χ4n) is 1.97. The van der Waals surface area contributed by atoms with Gasteiger partial charge in [-0.3, -0.25) is 14.6 Å². The second kappa shape index (κ2) is 7.21. The minimum Gasteiger partial charge on any atom is -0.497 e. The lowest BCUT2D eigenvalue weighted by molar-refractivity contribution is -0.137. The Hall–Kier alpha value is -2.89. The summed E-state index contributed by atoms with van der Waals surface area (Å²) in [6, 6.07) is 12.1. The minimum absolute atomic E-state index is 0.186. The molecule has 1 heterocycles. The molecule has 0 fully saturated rings. The number of benzene rings is 1. The molecule has 0 unspecified atom stereocenters. The molecule has 1 aromatic heterocycles. The Morgan fingerprint density at radius 1 is 1.18 bits per heavy atom. The third kappa shape index (κ3) is 4.05. The van der Waals surface area contributed by atoms with Gasteiger partial charge in [0, 0.05) is 12.7 Å². The Kier molecular flexibility index (Phi) is 5.08. The van der Waals surface area contributed by atoms with Crippen LogP contribution in [0.3, 0.4) is 0 Å². The number of aromatic nitrogens is 1. The van der Waals surface area contributed by atoms with Gasteiger partial charge in [0.1, 0.15) is 18.0 Å². The molecule has 2 aromatic rings. The van der Waals surface area contributed by atoms with Crippen LogP contribution in [0.1, 0.15) is 16.1 Å². The lowest BCUT2D eigenvalue weighted by atomic mass is 10.2. The summed E-state index contributed by atoms with van der Waals surface area (Å²) in [5.74, 6) is -0.791. The van der Waals surface area contributed by atoms with Crippen LogP contribution in [-0.4, -0.2) is 40.5 Å². The van der Waals surface area contributed by atoms with E-state index in [-0.39, 0.29) is 18.8 Å². The van der Waals surface area contributed by atoms with Gasteiger partial charge in [-0.05, 0) is 29.8 Å². The summed E-state index contributed by atoms with van der Waals surface area (Å²) < 4.78 is 5.07. The molecule has 6 heteroatoms. The van der Waals surface area contributed by atoms with E-state index < -0.39 is 11.9 Å². The number of carbonyl (C=O) groups excluding carboxylic acids is 1. The Labute approximate surface area is 128 Å². The molecule has 114 valence electrons. The molecule has 0 aliphatic carbocycles. The van der Waals surface area contributed by atoms with E-state index in [1.807, 2.05) is 0 Å². The molecule has 0 bridgehead atoms. The maximum absolute atomic E-state index is 12.4. The highest BCUT2D eigenvalue weighted by molar-refractivity contribution is 5.94. The number of carboxylic acid groups (broad SMARTS) is 1. The SMILES string of the molecule is COc1ccc(CN(CC(=O)O)C(=O)c2ccccn2)cc1. The Bertz CT molecular complexity index is 641. The van der Waals surface area contributed by atoms with Crippen molar-refractivity contribution in [1.29, 1.82) is 0 Å². The third-order valence-corrected chi connectivity index (χ3v) is 3.03. The molecule has 0 saturated heterocycles. The minimum atomic E-state index is -1.07. The van der Waals surface area contributed by atoms with Gasteiger partial charge in [-0.25, -0.2) is 0 Å². The molecule has 0 spiro atoms. The van der Waals surface area contributed by atoms with Gasteiger partial charge in [0.2, 0.25) is 0 Å². The fourth-order valence-corrected chi connectivity index (χ4v) is 1.97. The van der Waals surface area contributed by atoms with Crippen molar-refractivity contribution in [3.05, 3.63) is 59.9 Å². The van der Waals surface area contributed by atoms with Crippen LogP contribution in [0.4, 0.5) is 0 Å². The summed E-state index contributed by atoms with van der Waals surface area (Å²) >= 11 is 0. The number of nitrogens with zero attached hydrogens (tertiary/aromatic N) is 2. The molecule has 0 aliphatic heterocycles. The van der Waals surface area contributed by atoms with E-state index in [4.69, 9.17) is 9.84 Å². The van der Waals surface area contributed by atoms with Crippen molar-refractivity contribution in [2.45, 2.75) is 6.54 Å². The number of ether oxygens (including phenoxy) is 1. The van der Waals surface area contributed by atoms with Gasteiger partial charge in [0.15, 0.2) is 0 Å². The molecule has 0 saturated carbocycles. The summed E-state index contributed by atoms with van der Waals surface area (Å²) in [5.41, 5.74) is 1.03. The first-order valence-electron chi connectivity index (χ1n) is 6.65. The van der Waals surface area contributed by atoms with Crippen molar-refractivity contribution in [3.8, 4) is 5.75 Å². The number of hydrogen-bond acceptors (Lipinski definition) is 4. The number of carboxylic acids is 1. The van der Waals surface area contributed by atoms with Crippen molar-refractivity contribution in [1.82, 2.24) is 9.88 Å². The van der Waals surface area contributed by atoms with Crippen molar-refractivity contribution in [2.24, 2.45) is 0 Å². The van der Waals surface area contributed by atoms with Gasteiger partial charge in [-0.2, -0.15) is 0 Å². The fraction of sp³-hybridized carbons (Fsp3) is 0.188. The maximum Gasteiger partial charge on any atom is 0.323 e. The van der Waals surface area contributed by atoms with Crippen LogP contribution in [0.5, 0.6) is 5.75 Å². The highest BCUT2D eigenvalue weighted by Crippen LogP contribution is 2.14. The van der Waals surface area contributed by atoms with E-state index in [1.165, 1.54) is 11.1 Å². The summed E-state index contributed by atoms with van der Waals surface area (Å²) in [6.45, 7) is -0.201. The van der Waals surface area contributed by atoms with Crippen LogP contribution in [0.2, 0.25) is 0 Å². The molecular weight excluding hydrogens is 284 g/mol. The number of pyridine rings is 1. The van der Waals surface area contributed by atoms with E-state index in [0.29, 0.717) is 5.75 Å². The van der Waals surface area contributed by atoms with Gasteiger partial charge < -0.3 is 14.7 Å². The van der Waals surface area contributed by atoms with Gasteiger partial charge in [-0.15, -0.1) is 0 Å². The summed E-state index contributed by atoms with van der Waals surface area (Å²) in [7, 11) is 1.57. The van der Waals surface area contributed by atoms with Crippen molar-refractivity contribution < 1.29 is 19.4 Å². The highest BCUT2D eigenvalue weighted by Gasteiger charge is 2.19. The smallest absolute Gasteiger partial charge is 0.323 e. The Morgan fingerprint density at radius 2 is 1.91 bits per heavy atom. The topological polar surface area (TPSA) is 79.7 Å². The van der Waals surface area contributed by atoms with Crippen LogP contribution < -0.4 is 4.74 Å². The zero-order valence-electron chi connectivity index (χ0n) is 12.1. The van der Waals surface area contributed by atoms with Gasteiger partial charge in [-0.1, -0.05) is 18.2 Å². The average molecular weight is 300 g/mol. The van der Waals surface area contributed by atoms with Gasteiger partial charge in [0.05, 0.1) is 7.11 Å². The number of methoxy groups -OCH3 is 1. The lowest BCUT2D eigenvalue weighted by Crippen LogP contribution is -2.35. The van der Waals surface area contributed by atoms with Crippen molar-refractivity contribution >= 4 is 11.9 Å². The molecule has 2 rings (SSSR count). The first-order valence-corrected chi connectivity index (χ1v) is 6.65. The predicted molar refractivity (Wildman–Crippen MR) is 79.6 cm³/mol. The molecule has 6 nitrogen and oxygen atoms in total. The number of carbonyl (C=O) groups is 2. The van der Waals surface area contributed by atoms with Gasteiger partial charge in [0.25, 0.3) is 5.91 Å². The third-order valence-electron chi connectivity index (χ3n) is 3.03. The van der Waals surface area contributed by atoms with E-state index >= 15 is 0 Å². The molecule has 0 radical (unpaired) electrons. The molecular formula is C16H16N2O4. The second-order valence-electron chi connectivity index (χ2n) is 4.62. The summed E-state index contributed by atoms with van der Waals surface area (Å²) in [6.07, 6.45) is 1.50. The molecule has 22 heavy (non-hydrogen) atoms. The number of aliphatic carboxylic acids is 1. The van der Waals surface area contributed by atoms with E-state index in [9.17, 15) is 9.59 Å². The lowest BCUT2D eigenvalue weighted by Gasteiger charge is -2.20. The average Bonchev–Trinajstić information content (AvgIpc) is 2.54. The highest BCUT2D eigenvalue weighted by atomic mass is 16.5. The van der Waals surface area contributed by atoms with Crippen LogP contribution >= 0.6 is 0 Å². The van der Waals surface area contributed by atoms with E-state index in [2.05, 4.69) is 4.98 Å². The zero-order chi connectivity index (χ0) is 15.9. The van der Waals surface area contributed by atoms with Crippen LogP contribution in [-0.2, 0) is 11.3 Å². The van der Waals surface area contributed by atoms with Crippen molar-refractivity contribution in [3.63, 3.8) is 0 Å². The van der Waals surface area contributed by atoms with Crippen LogP contribution in [0.25, 0.3) is 0 Å². The molecule has 1 N–H and O–H groups in total. The molecule has 1 aromatic carbocycles. The van der Waals surface area contributed by atoms with E-state index in [0.717, 1.165) is 5.56 Å².